The predicted molar refractivity (Wildman–Crippen MR) is 269 cm³/mol. The zero-order valence-electron chi connectivity index (χ0n) is 38.4. The summed E-state index contributed by atoms with van der Waals surface area (Å²) < 4.78 is 0. The van der Waals surface area contributed by atoms with E-state index in [2.05, 4.69) is 67.3 Å². The molecule has 4 aromatic carbocycles. The third-order valence-corrected chi connectivity index (χ3v) is 15.8. The van der Waals surface area contributed by atoms with Gasteiger partial charge in [-0.1, -0.05) is 47.4 Å². The quantitative estimate of drug-likeness (QED) is 0.131. The minimum atomic E-state index is -0.0984. The van der Waals surface area contributed by atoms with E-state index in [9.17, 15) is 20.4 Å². The molecule has 8 heteroatoms. The first-order chi connectivity index (χ1) is 33.0. The maximum Gasteiger partial charge on any atom is 0.125 e. The molecule has 0 amide bonds. The SMILES string of the molecule is Oc1cc2ccc1C=NCCN=Cc1ccc(cc1O)C#CC13CC4CC(C1)CC(C#Cc1ccc(c(O)c1)C=NCCN=Cc1ccc(cc1O)C#CC15CC6CC(CC(C#C2)(C6)C1)C5)(C4)C3. The number of hydrogen-bond acceptors (Lipinski definition) is 8. The van der Waals surface area contributed by atoms with Crippen LogP contribution in [0.2, 0.25) is 0 Å². The number of hydrogen-bond donors (Lipinski definition) is 4. The summed E-state index contributed by atoms with van der Waals surface area (Å²) in [5, 5.41) is 43.8. The number of phenolic OH excluding ortho intramolecular Hbond substituents is 4. The molecular weight excluding hydrogens is 841 g/mol. The Morgan fingerprint density at radius 1 is 0.353 bits per heavy atom. The Hall–Kier alpha value is -7.00. The molecule has 18 aliphatic rings. The number of phenols is 4. The van der Waals surface area contributed by atoms with Crippen LogP contribution in [0.4, 0.5) is 0 Å². The van der Waals surface area contributed by atoms with Crippen molar-refractivity contribution >= 4 is 24.9 Å². The summed E-state index contributed by atoms with van der Waals surface area (Å²) in [5.41, 5.74) is 5.25. The van der Waals surface area contributed by atoms with Gasteiger partial charge in [-0.3, -0.25) is 20.0 Å². The lowest BCUT2D eigenvalue weighted by molar-refractivity contribution is -0.0525. The summed E-state index contributed by atoms with van der Waals surface area (Å²) in [6.45, 7) is 1.72. The minimum Gasteiger partial charge on any atom is -0.507 e. The molecule has 8 nitrogen and oxygen atoms in total. The van der Waals surface area contributed by atoms with Gasteiger partial charge in [0.2, 0.25) is 0 Å². The Labute approximate surface area is 399 Å². The smallest absolute Gasteiger partial charge is 0.125 e. The van der Waals surface area contributed by atoms with Gasteiger partial charge in [0.25, 0.3) is 0 Å². The summed E-state index contributed by atoms with van der Waals surface area (Å²) in [6.07, 6.45) is 19.8. The molecule has 8 saturated carbocycles. The fourth-order valence-corrected chi connectivity index (χ4v) is 13.7. The van der Waals surface area contributed by atoms with Crippen molar-refractivity contribution in [3.05, 3.63) is 117 Å². The van der Waals surface area contributed by atoms with E-state index in [1.807, 2.05) is 48.5 Å². The first kappa shape index (κ1) is 43.6. The van der Waals surface area contributed by atoms with Crippen LogP contribution in [0.1, 0.15) is 122 Å². The second kappa shape index (κ2) is 17.6. The van der Waals surface area contributed by atoms with Crippen molar-refractivity contribution in [2.45, 2.75) is 77.0 Å². The van der Waals surface area contributed by atoms with Gasteiger partial charge in [0.05, 0.1) is 26.2 Å². The van der Waals surface area contributed by atoms with E-state index in [-0.39, 0.29) is 44.7 Å². The average molecular weight is 897 g/mol. The van der Waals surface area contributed by atoms with E-state index in [1.54, 1.807) is 49.1 Å². The van der Waals surface area contributed by atoms with Gasteiger partial charge in [-0.25, -0.2) is 0 Å². The molecule has 22 rings (SSSR count). The number of aliphatic imine (C=N–C) groups is 4. The number of aromatic hydroxyl groups is 4. The maximum absolute atomic E-state index is 10.9. The molecule has 0 radical (unpaired) electrons. The molecular formula is C60H56N4O4. The Balaban J connectivity index is 0.842. The summed E-state index contributed by atoms with van der Waals surface area (Å²) in [4.78, 5) is 18.1. The molecule has 16 bridgehead atoms. The van der Waals surface area contributed by atoms with Gasteiger partial charge < -0.3 is 20.4 Å². The van der Waals surface area contributed by atoms with E-state index in [0.29, 0.717) is 72.1 Å². The Bertz CT molecular complexity index is 2640. The van der Waals surface area contributed by atoms with Gasteiger partial charge in [-0.15, -0.1) is 0 Å². The highest BCUT2D eigenvalue weighted by Crippen LogP contribution is 2.66. The molecule has 0 aromatic heterocycles. The van der Waals surface area contributed by atoms with Gasteiger partial charge in [0.15, 0.2) is 0 Å². The van der Waals surface area contributed by atoms with Crippen LogP contribution in [0, 0.1) is 92.7 Å². The zero-order chi connectivity index (χ0) is 46.4. The molecule has 340 valence electrons. The second-order valence-corrected chi connectivity index (χ2v) is 21.3. The Kier molecular flexibility index (Phi) is 11.3. The third kappa shape index (κ3) is 9.18. The molecule has 8 aliphatic carbocycles. The van der Waals surface area contributed by atoms with Crippen molar-refractivity contribution in [1.29, 1.82) is 0 Å². The van der Waals surface area contributed by atoms with Gasteiger partial charge in [-0.05, 0) is 174 Å². The average Bonchev–Trinajstić information content (AvgIpc) is 3.30. The van der Waals surface area contributed by atoms with Crippen molar-refractivity contribution in [3.8, 4) is 70.4 Å². The Morgan fingerprint density at radius 2 is 0.588 bits per heavy atom. The van der Waals surface area contributed by atoms with Crippen LogP contribution < -0.4 is 0 Å². The van der Waals surface area contributed by atoms with Crippen LogP contribution >= 0.6 is 0 Å². The normalized spacial score (nSPS) is 30.8. The zero-order valence-corrected chi connectivity index (χ0v) is 38.4. The van der Waals surface area contributed by atoms with E-state index < -0.39 is 0 Å². The molecule has 0 saturated heterocycles. The predicted octanol–water partition coefficient (Wildman–Crippen LogP) is 9.88. The van der Waals surface area contributed by atoms with Crippen LogP contribution in [0.5, 0.6) is 23.0 Å². The van der Waals surface area contributed by atoms with E-state index >= 15 is 0 Å². The highest BCUT2D eigenvalue weighted by atomic mass is 16.3. The monoisotopic (exact) mass is 896 g/mol. The van der Waals surface area contributed by atoms with Crippen LogP contribution in [-0.2, 0) is 0 Å². The highest BCUT2D eigenvalue weighted by Gasteiger charge is 2.58. The number of benzene rings is 4. The van der Waals surface area contributed by atoms with Crippen molar-refractivity contribution < 1.29 is 20.4 Å². The van der Waals surface area contributed by atoms with Gasteiger partial charge in [0, 0.05) is 91.0 Å². The summed E-state index contributed by atoms with van der Waals surface area (Å²) in [5.74, 6) is 31.6. The van der Waals surface area contributed by atoms with Crippen molar-refractivity contribution in [2.75, 3.05) is 26.2 Å². The van der Waals surface area contributed by atoms with Crippen LogP contribution in [0.3, 0.4) is 0 Å². The molecule has 10 aliphatic heterocycles. The molecule has 0 atom stereocenters. The molecule has 4 spiro atoms. The van der Waals surface area contributed by atoms with Crippen molar-refractivity contribution in [2.24, 2.45) is 65.3 Å². The summed E-state index contributed by atoms with van der Waals surface area (Å²) in [6, 6.07) is 22.2. The van der Waals surface area contributed by atoms with E-state index in [4.69, 9.17) is 0 Å². The fraction of sp³-hybridized carbons (Fsp3) is 0.400. The molecule has 68 heavy (non-hydrogen) atoms. The maximum atomic E-state index is 10.9. The lowest BCUT2D eigenvalue weighted by Crippen LogP contribution is -2.50. The van der Waals surface area contributed by atoms with Gasteiger partial charge >= 0.3 is 0 Å². The molecule has 4 N–H and O–H groups in total. The van der Waals surface area contributed by atoms with Gasteiger partial charge in [-0.2, -0.15) is 0 Å². The fourth-order valence-electron chi connectivity index (χ4n) is 13.7. The Morgan fingerprint density at radius 3 is 0.809 bits per heavy atom. The second-order valence-electron chi connectivity index (χ2n) is 21.3. The largest absolute Gasteiger partial charge is 0.507 e. The van der Waals surface area contributed by atoms with Gasteiger partial charge in [0.1, 0.15) is 23.0 Å². The van der Waals surface area contributed by atoms with Crippen LogP contribution in [-0.4, -0.2) is 71.5 Å². The third-order valence-electron chi connectivity index (χ3n) is 15.8. The van der Waals surface area contributed by atoms with Crippen LogP contribution in [0.25, 0.3) is 0 Å². The van der Waals surface area contributed by atoms with Crippen LogP contribution in [0.15, 0.2) is 92.8 Å². The first-order valence-corrected chi connectivity index (χ1v) is 24.4. The van der Waals surface area contributed by atoms with Crippen molar-refractivity contribution in [3.63, 3.8) is 0 Å². The topological polar surface area (TPSA) is 130 Å². The minimum absolute atomic E-state index is 0.0984. The number of nitrogens with zero attached hydrogens (tertiary/aromatic N) is 4. The standard InChI is InChI=1S/C60H56N4O4/c65-53-23-41-1-5-49(53)35-61-17-18-62-36-50-6-3-43(25-54(50)66)11-15-59-31-47-22-48(32-59)34-60(33-47,40-59)16-12-44-4-8-52(56(68)26-44)38-64-20-19-63-37-51-7-2-42(24-55(51)67)10-14-58-29-45-21-46(30-58)28-57(27-45,39-58)13-9-41/h1-8,23-26,35-38,45-48,65-68H,17-22,27-34,39-40H2. The molecule has 0 unspecified atom stereocenters. The lowest BCUT2D eigenvalue weighted by atomic mass is 9.44. The first-order valence-electron chi connectivity index (χ1n) is 24.4. The lowest BCUT2D eigenvalue weighted by Gasteiger charge is -2.58. The molecule has 8 fully saturated rings. The van der Waals surface area contributed by atoms with E-state index in [0.717, 1.165) is 86.5 Å². The number of rotatable bonds is 0. The summed E-state index contributed by atoms with van der Waals surface area (Å²) >= 11 is 0. The molecule has 4 aromatic rings. The van der Waals surface area contributed by atoms with E-state index in [1.165, 1.54) is 12.8 Å². The highest BCUT2D eigenvalue weighted by molar-refractivity contribution is 5.86. The molecule has 10 heterocycles. The summed E-state index contributed by atoms with van der Waals surface area (Å²) in [7, 11) is 0. The van der Waals surface area contributed by atoms with Crippen molar-refractivity contribution in [1.82, 2.24) is 0 Å².